The Kier molecular flexibility index (Phi) is 5.40. The molecule has 13 heavy (non-hydrogen) atoms. The zero-order valence-corrected chi connectivity index (χ0v) is 9.09. The second-order valence-electron chi connectivity index (χ2n) is 3.83. The summed E-state index contributed by atoms with van der Waals surface area (Å²) in [6.07, 6.45) is 6.00. The first-order valence-corrected chi connectivity index (χ1v) is 5.70. The molecule has 1 fully saturated rings. The van der Waals surface area contributed by atoms with Crippen molar-refractivity contribution >= 4 is 0 Å². The van der Waals surface area contributed by atoms with E-state index in [0.29, 0.717) is 6.10 Å². The minimum absolute atomic E-state index is 0.633. The van der Waals surface area contributed by atoms with Crippen LogP contribution in [-0.2, 0) is 4.74 Å². The largest absolute Gasteiger partial charge is 0.373 e. The lowest BCUT2D eigenvalue weighted by atomic mass is 10.1. The van der Waals surface area contributed by atoms with Gasteiger partial charge in [-0.15, -0.1) is 0 Å². The van der Waals surface area contributed by atoms with Gasteiger partial charge in [-0.25, -0.2) is 0 Å². The van der Waals surface area contributed by atoms with Gasteiger partial charge in [0.2, 0.25) is 0 Å². The smallest absolute Gasteiger partial charge is 0.0810 e. The fraction of sp³-hybridized carbons (Fsp3) is 1.00. The average Bonchev–Trinajstić information content (AvgIpc) is 2.95. The maximum absolute atomic E-state index is 5.17. The molecule has 0 spiro atoms. The van der Waals surface area contributed by atoms with E-state index in [2.05, 4.69) is 18.7 Å². The van der Waals surface area contributed by atoms with E-state index in [4.69, 9.17) is 4.74 Å². The maximum atomic E-state index is 5.17. The molecule has 0 N–H and O–H groups in total. The summed E-state index contributed by atoms with van der Waals surface area (Å²) in [6.45, 7) is 9.17. The number of hydrogen-bond donors (Lipinski definition) is 0. The van der Waals surface area contributed by atoms with Crippen LogP contribution in [0.4, 0.5) is 0 Å². The molecule has 0 aromatic carbocycles. The first-order valence-electron chi connectivity index (χ1n) is 5.70. The quantitative estimate of drug-likeness (QED) is 0.426. The number of ether oxygens (including phenoxy) is 1. The van der Waals surface area contributed by atoms with Crippen LogP contribution in [0.25, 0.3) is 0 Å². The van der Waals surface area contributed by atoms with Gasteiger partial charge in [-0.2, -0.15) is 0 Å². The monoisotopic (exact) mass is 185 g/mol. The Morgan fingerprint density at radius 1 is 1.15 bits per heavy atom. The Bertz CT molecular complexity index is 119. The van der Waals surface area contributed by atoms with Gasteiger partial charge in [0.05, 0.1) is 12.7 Å². The number of hydrogen-bond acceptors (Lipinski definition) is 2. The van der Waals surface area contributed by atoms with Gasteiger partial charge in [0.15, 0.2) is 0 Å². The highest BCUT2D eigenvalue weighted by Gasteiger charge is 2.20. The summed E-state index contributed by atoms with van der Waals surface area (Å²) in [5.74, 6) is 0. The summed E-state index contributed by atoms with van der Waals surface area (Å²) in [7, 11) is 0. The standard InChI is InChI=1S/C11H23NO/c1-3-12(4-2)9-7-5-6-8-11-10-13-11/h11H,3-10H2,1-2H3. The second-order valence-corrected chi connectivity index (χ2v) is 3.83. The molecule has 1 heterocycles. The van der Waals surface area contributed by atoms with Gasteiger partial charge in [0, 0.05) is 0 Å². The van der Waals surface area contributed by atoms with E-state index in [1.54, 1.807) is 0 Å². The Hall–Kier alpha value is -0.0800. The van der Waals surface area contributed by atoms with Crippen molar-refractivity contribution in [2.24, 2.45) is 0 Å². The van der Waals surface area contributed by atoms with E-state index in [9.17, 15) is 0 Å². The van der Waals surface area contributed by atoms with Crippen molar-refractivity contribution in [1.29, 1.82) is 0 Å². The van der Waals surface area contributed by atoms with Gasteiger partial charge in [-0.05, 0) is 32.5 Å². The predicted octanol–water partition coefficient (Wildman–Crippen LogP) is 2.29. The van der Waals surface area contributed by atoms with Gasteiger partial charge < -0.3 is 9.64 Å². The lowest BCUT2D eigenvalue weighted by molar-refractivity contribution is 0.294. The molecule has 1 aliphatic rings. The van der Waals surface area contributed by atoms with E-state index in [1.807, 2.05) is 0 Å². The molecule has 0 amide bonds. The highest BCUT2D eigenvalue weighted by molar-refractivity contribution is 4.68. The number of rotatable bonds is 8. The molecular weight excluding hydrogens is 162 g/mol. The molecule has 0 aromatic heterocycles. The van der Waals surface area contributed by atoms with E-state index in [-0.39, 0.29) is 0 Å². The highest BCUT2D eigenvalue weighted by atomic mass is 16.6. The third-order valence-electron chi connectivity index (χ3n) is 2.80. The van der Waals surface area contributed by atoms with Crippen LogP contribution in [0.1, 0.15) is 39.5 Å². The number of unbranched alkanes of at least 4 members (excludes halogenated alkanes) is 2. The van der Waals surface area contributed by atoms with Crippen molar-refractivity contribution in [3.8, 4) is 0 Å². The molecule has 1 rings (SSSR count). The summed E-state index contributed by atoms with van der Waals surface area (Å²) in [4.78, 5) is 2.49. The normalized spacial score (nSPS) is 21.0. The SMILES string of the molecule is CCN(CC)CCCCCC1CO1. The molecule has 1 atom stereocenters. The summed E-state index contributed by atoms with van der Waals surface area (Å²) in [5, 5.41) is 0. The molecule has 0 aliphatic carbocycles. The molecule has 0 aromatic rings. The van der Waals surface area contributed by atoms with Crippen molar-refractivity contribution in [2.75, 3.05) is 26.2 Å². The van der Waals surface area contributed by atoms with Crippen LogP contribution < -0.4 is 0 Å². The fourth-order valence-corrected chi connectivity index (χ4v) is 1.66. The second kappa shape index (κ2) is 6.39. The average molecular weight is 185 g/mol. The van der Waals surface area contributed by atoms with Crippen molar-refractivity contribution in [1.82, 2.24) is 4.90 Å². The van der Waals surface area contributed by atoms with Gasteiger partial charge in [0.25, 0.3) is 0 Å². The Labute approximate surface area is 82.3 Å². The highest BCUT2D eigenvalue weighted by Crippen LogP contribution is 2.17. The van der Waals surface area contributed by atoms with Crippen LogP contribution in [0, 0.1) is 0 Å². The Balaban J connectivity index is 1.81. The van der Waals surface area contributed by atoms with E-state index >= 15 is 0 Å². The minimum atomic E-state index is 0.633. The van der Waals surface area contributed by atoms with Gasteiger partial charge >= 0.3 is 0 Å². The molecule has 2 nitrogen and oxygen atoms in total. The third kappa shape index (κ3) is 5.27. The van der Waals surface area contributed by atoms with Crippen LogP contribution in [0.5, 0.6) is 0 Å². The third-order valence-corrected chi connectivity index (χ3v) is 2.80. The predicted molar refractivity (Wildman–Crippen MR) is 56.0 cm³/mol. The van der Waals surface area contributed by atoms with Crippen LogP contribution in [0.3, 0.4) is 0 Å². The fourth-order valence-electron chi connectivity index (χ4n) is 1.66. The van der Waals surface area contributed by atoms with E-state index in [1.165, 1.54) is 45.3 Å². The van der Waals surface area contributed by atoms with E-state index in [0.717, 1.165) is 6.61 Å². The van der Waals surface area contributed by atoms with Gasteiger partial charge in [0.1, 0.15) is 0 Å². The van der Waals surface area contributed by atoms with Crippen molar-refractivity contribution in [2.45, 2.75) is 45.6 Å². The Morgan fingerprint density at radius 3 is 2.38 bits per heavy atom. The summed E-state index contributed by atoms with van der Waals surface area (Å²) in [5.41, 5.74) is 0. The molecule has 1 unspecified atom stereocenters. The lowest BCUT2D eigenvalue weighted by Gasteiger charge is -2.17. The van der Waals surface area contributed by atoms with Crippen molar-refractivity contribution in [3.05, 3.63) is 0 Å². The summed E-state index contributed by atoms with van der Waals surface area (Å²) < 4.78 is 5.17. The first-order chi connectivity index (χ1) is 6.36. The molecule has 1 aliphatic heterocycles. The van der Waals surface area contributed by atoms with E-state index < -0.39 is 0 Å². The zero-order valence-electron chi connectivity index (χ0n) is 9.09. The zero-order chi connectivity index (χ0) is 9.52. The minimum Gasteiger partial charge on any atom is -0.373 e. The maximum Gasteiger partial charge on any atom is 0.0810 e. The summed E-state index contributed by atoms with van der Waals surface area (Å²) >= 11 is 0. The summed E-state index contributed by atoms with van der Waals surface area (Å²) in [6, 6.07) is 0. The van der Waals surface area contributed by atoms with Crippen molar-refractivity contribution in [3.63, 3.8) is 0 Å². The molecule has 1 saturated heterocycles. The molecule has 78 valence electrons. The molecular formula is C11H23NO. The topological polar surface area (TPSA) is 15.8 Å². The Morgan fingerprint density at radius 2 is 1.85 bits per heavy atom. The molecule has 0 bridgehead atoms. The molecule has 0 radical (unpaired) electrons. The van der Waals surface area contributed by atoms with Crippen LogP contribution >= 0.6 is 0 Å². The van der Waals surface area contributed by atoms with Crippen LogP contribution in [-0.4, -0.2) is 37.2 Å². The number of nitrogens with zero attached hydrogens (tertiary/aromatic N) is 1. The molecule has 2 heteroatoms. The first kappa shape index (κ1) is 11.0. The van der Waals surface area contributed by atoms with Crippen molar-refractivity contribution < 1.29 is 4.74 Å². The van der Waals surface area contributed by atoms with Gasteiger partial charge in [-0.1, -0.05) is 26.7 Å². The lowest BCUT2D eigenvalue weighted by Crippen LogP contribution is -2.23. The number of epoxide rings is 1. The molecule has 0 saturated carbocycles. The van der Waals surface area contributed by atoms with Crippen LogP contribution in [0.2, 0.25) is 0 Å². The van der Waals surface area contributed by atoms with Gasteiger partial charge in [-0.3, -0.25) is 0 Å². The van der Waals surface area contributed by atoms with Crippen LogP contribution in [0.15, 0.2) is 0 Å².